The van der Waals surface area contributed by atoms with Crippen LogP contribution in [0.4, 0.5) is 5.69 Å². The highest BCUT2D eigenvalue weighted by Gasteiger charge is 2.15. The van der Waals surface area contributed by atoms with Crippen molar-refractivity contribution in [3.05, 3.63) is 52.1 Å². The zero-order valence-electron chi connectivity index (χ0n) is 8.58. The number of amides is 1. The Balaban J connectivity index is 2.79. The Morgan fingerprint density at radius 3 is 2.47 bits per heavy atom. The van der Waals surface area contributed by atoms with Gasteiger partial charge in [0.1, 0.15) is 0 Å². The first kappa shape index (κ1) is 11.0. The van der Waals surface area contributed by atoms with Gasteiger partial charge in [-0.1, -0.05) is 18.2 Å². The zero-order chi connectivity index (χ0) is 12.4. The summed E-state index contributed by atoms with van der Waals surface area (Å²) in [6.07, 6.45) is 0. The van der Waals surface area contributed by atoms with Crippen molar-refractivity contribution in [3.63, 3.8) is 0 Å². The van der Waals surface area contributed by atoms with Crippen molar-refractivity contribution in [2.45, 2.75) is 0 Å². The number of carbonyl (C=O) groups excluding carboxylic acids is 1. The summed E-state index contributed by atoms with van der Waals surface area (Å²) in [5.41, 5.74) is 1.63. The van der Waals surface area contributed by atoms with Crippen LogP contribution in [-0.4, -0.2) is 16.0 Å². The van der Waals surface area contributed by atoms with Crippen LogP contribution in [0.5, 0.6) is 0 Å². The fourth-order valence-corrected chi connectivity index (χ4v) is 1.71. The highest BCUT2D eigenvalue weighted by atomic mass is 16.6. The third-order valence-corrected chi connectivity index (χ3v) is 2.44. The molecule has 0 bridgehead atoms. The molecule has 2 rings (SSSR count). The normalized spacial score (nSPS) is 10.2. The summed E-state index contributed by atoms with van der Waals surface area (Å²) in [7, 11) is 0. The molecule has 0 unspecified atom stereocenters. The average molecular weight is 232 g/mol. The van der Waals surface area contributed by atoms with E-state index in [1.54, 1.807) is 12.1 Å². The van der Waals surface area contributed by atoms with Crippen molar-refractivity contribution in [1.29, 1.82) is 0 Å². The van der Waals surface area contributed by atoms with Gasteiger partial charge in [-0.05, 0) is 12.1 Å². The van der Waals surface area contributed by atoms with Crippen molar-refractivity contribution in [2.24, 2.45) is 0 Å². The van der Waals surface area contributed by atoms with E-state index < -0.39 is 10.8 Å². The van der Waals surface area contributed by atoms with Crippen LogP contribution in [0.15, 0.2) is 36.4 Å². The molecule has 0 aromatic heterocycles. The van der Waals surface area contributed by atoms with Gasteiger partial charge in [0, 0.05) is 17.0 Å². The summed E-state index contributed by atoms with van der Waals surface area (Å²) in [6, 6.07) is 9.02. The van der Waals surface area contributed by atoms with E-state index in [0.29, 0.717) is 10.8 Å². The number of hydrogen-bond acceptors (Lipinski definition) is 4. The highest BCUT2D eigenvalue weighted by Crippen LogP contribution is 2.27. The fourth-order valence-electron chi connectivity index (χ4n) is 1.71. The topological polar surface area (TPSA) is 92.5 Å². The highest BCUT2D eigenvalue weighted by molar-refractivity contribution is 6.08. The smallest absolute Gasteiger partial charge is 0.277 e. The largest absolute Gasteiger partial charge is 0.288 e. The summed E-state index contributed by atoms with van der Waals surface area (Å²) < 4.78 is 0. The minimum absolute atomic E-state index is 0.0740. The van der Waals surface area contributed by atoms with E-state index in [1.165, 1.54) is 29.7 Å². The van der Waals surface area contributed by atoms with Gasteiger partial charge < -0.3 is 0 Å². The average Bonchev–Trinajstić information content (AvgIpc) is 2.36. The Labute approximate surface area is 95.6 Å². The van der Waals surface area contributed by atoms with Gasteiger partial charge in [0.05, 0.1) is 10.3 Å². The Kier molecular flexibility index (Phi) is 2.71. The molecule has 0 atom stereocenters. The number of nitrogens with zero attached hydrogens (tertiary/aromatic N) is 1. The molecular weight excluding hydrogens is 224 g/mol. The van der Waals surface area contributed by atoms with Crippen molar-refractivity contribution >= 4 is 22.4 Å². The number of carbonyl (C=O) groups is 1. The number of non-ortho nitro benzene ring substituents is 1. The van der Waals surface area contributed by atoms with Gasteiger partial charge in [-0.3, -0.25) is 20.1 Å². The van der Waals surface area contributed by atoms with Crippen molar-refractivity contribution in [1.82, 2.24) is 5.48 Å². The number of hydrogen-bond donors (Lipinski definition) is 2. The SMILES string of the molecule is O=C(NO)c1cccc2c([N+](=O)[O-])cccc12. The zero-order valence-corrected chi connectivity index (χ0v) is 8.58. The minimum Gasteiger partial charge on any atom is -0.288 e. The fraction of sp³-hybridized carbons (Fsp3) is 0. The minimum atomic E-state index is -0.698. The summed E-state index contributed by atoms with van der Waals surface area (Å²) in [6.45, 7) is 0. The lowest BCUT2D eigenvalue weighted by molar-refractivity contribution is -0.383. The summed E-state index contributed by atoms with van der Waals surface area (Å²) >= 11 is 0. The van der Waals surface area contributed by atoms with Crippen LogP contribution in [-0.2, 0) is 0 Å². The molecule has 86 valence electrons. The predicted molar refractivity (Wildman–Crippen MR) is 59.9 cm³/mol. The molecule has 17 heavy (non-hydrogen) atoms. The molecule has 0 heterocycles. The Bertz CT molecular complexity index is 609. The lowest BCUT2D eigenvalue weighted by Crippen LogP contribution is -2.18. The standard InChI is InChI=1S/C11H8N2O4/c14-11(12-15)9-5-1-4-8-7(9)3-2-6-10(8)13(16)17/h1-6,15H,(H,12,14). The maximum Gasteiger partial charge on any atom is 0.277 e. The molecule has 0 spiro atoms. The number of benzene rings is 2. The van der Waals surface area contributed by atoms with E-state index in [1.807, 2.05) is 0 Å². The molecule has 0 radical (unpaired) electrons. The molecule has 0 fully saturated rings. The van der Waals surface area contributed by atoms with Crippen LogP contribution in [0.3, 0.4) is 0 Å². The second kappa shape index (κ2) is 4.18. The van der Waals surface area contributed by atoms with Gasteiger partial charge in [0.15, 0.2) is 0 Å². The van der Waals surface area contributed by atoms with E-state index in [2.05, 4.69) is 0 Å². The lowest BCUT2D eigenvalue weighted by atomic mass is 10.0. The lowest BCUT2D eigenvalue weighted by Gasteiger charge is -2.04. The molecule has 2 aromatic rings. The molecule has 0 saturated heterocycles. The van der Waals surface area contributed by atoms with Crippen molar-refractivity contribution in [3.8, 4) is 0 Å². The predicted octanol–water partition coefficient (Wildman–Crippen LogP) is 1.87. The van der Waals surface area contributed by atoms with E-state index in [0.717, 1.165) is 0 Å². The Morgan fingerprint density at radius 1 is 1.18 bits per heavy atom. The molecule has 0 saturated carbocycles. The summed E-state index contributed by atoms with van der Waals surface area (Å²) in [5, 5.41) is 20.2. The summed E-state index contributed by atoms with van der Waals surface area (Å²) in [5.74, 6) is -0.698. The van der Waals surface area contributed by atoms with Gasteiger partial charge in [0.25, 0.3) is 11.6 Å². The second-order valence-electron chi connectivity index (χ2n) is 3.38. The first-order chi connectivity index (χ1) is 8.15. The number of nitro groups is 1. The molecule has 0 aliphatic rings. The first-order valence-electron chi connectivity index (χ1n) is 4.75. The van der Waals surface area contributed by atoms with Gasteiger partial charge in [-0.25, -0.2) is 5.48 Å². The Hall–Kier alpha value is -2.47. The molecule has 2 N–H and O–H groups in total. The van der Waals surface area contributed by atoms with Crippen LogP contribution in [0.25, 0.3) is 10.8 Å². The molecule has 0 aliphatic heterocycles. The number of nitro benzene ring substituents is 1. The number of hydroxylamine groups is 1. The van der Waals surface area contributed by atoms with E-state index in [4.69, 9.17) is 5.21 Å². The third-order valence-electron chi connectivity index (χ3n) is 2.44. The monoisotopic (exact) mass is 232 g/mol. The van der Waals surface area contributed by atoms with Crippen LogP contribution in [0, 0.1) is 10.1 Å². The molecule has 6 nitrogen and oxygen atoms in total. The van der Waals surface area contributed by atoms with Crippen LogP contribution in [0.2, 0.25) is 0 Å². The Morgan fingerprint density at radius 2 is 1.82 bits per heavy atom. The molecule has 2 aromatic carbocycles. The van der Waals surface area contributed by atoms with Gasteiger partial charge >= 0.3 is 0 Å². The first-order valence-corrected chi connectivity index (χ1v) is 4.75. The van der Waals surface area contributed by atoms with E-state index in [9.17, 15) is 14.9 Å². The summed E-state index contributed by atoms with van der Waals surface area (Å²) in [4.78, 5) is 21.7. The number of nitrogens with one attached hydrogen (secondary N) is 1. The van der Waals surface area contributed by atoms with E-state index >= 15 is 0 Å². The van der Waals surface area contributed by atoms with Crippen molar-refractivity contribution < 1.29 is 14.9 Å². The molecule has 0 aliphatic carbocycles. The van der Waals surface area contributed by atoms with Crippen LogP contribution in [0.1, 0.15) is 10.4 Å². The quantitative estimate of drug-likeness (QED) is 0.469. The molecule has 6 heteroatoms. The number of rotatable bonds is 2. The van der Waals surface area contributed by atoms with Gasteiger partial charge in [0.2, 0.25) is 0 Å². The van der Waals surface area contributed by atoms with Gasteiger partial charge in [-0.2, -0.15) is 0 Å². The second-order valence-corrected chi connectivity index (χ2v) is 3.38. The van der Waals surface area contributed by atoms with E-state index in [-0.39, 0.29) is 11.3 Å². The van der Waals surface area contributed by atoms with Crippen LogP contribution >= 0.6 is 0 Å². The maximum absolute atomic E-state index is 11.4. The van der Waals surface area contributed by atoms with Crippen LogP contribution < -0.4 is 5.48 Å². The number of fused-ring (bicyclic) bond motifs is 1. The molecule has 1 amide bonds. The maximum atomic E-state index is 11.4. The van der Waals surface area contributed by atoms with Gasteiger partial charge in [-0.15, -0.1) is 0 Å². The molecular formula is C11H8N2O4. The third kappa shape index (κ3) is 1.81. The van der Waals surface area contributed by atoms with Crippen molar-refractivity contribution in [2.75, 3.05) is 0 Å².